The van der Waals surface area contributed by atoms with Crippen molar-refractivity contribution < 1.29 is 9.90 Å². The zero-order valence-corrected chi connectivity index (χ0v) is 14.5. The molecule has 0 spiro atoms. The monoisotopic (exact) mass is 348 g/mol. The molecule has 5 heteroatoms. The summed E-state index contributed by atoms with van der Waals surface area (Å²) in [5.74, 6) is 0.207. The first-order chi connectivity index (χ1) is 12.1. The fraction of sp³-hybridized carbons (Fsp3) is 0.200. The number of aryl methyl sites for hydroxylation is 1. The number of thiophene rings is 1. The number of benzene rings is 2. The minimum absolute atomic E-state index is 0.240. The molecular formula is C20H16N2O2S. The fourth-order valence-corrected chi connectivity index (χ4v) is 4.50. The highest BCUT2D eigenvalue weighted by molar-refractivity contribution is 7.09. The standard InChI is InChI=1S/C20H16N2O2S/c1-12-2-5-17-16(8-12)18(23)20(24)6-7-22(19(20)21-17)15-4-3-13-10-25-11-14(13)9-15/h2-5,8-11,24H,6-7H2,1H3/t20-/m1/s1. The average Bonchev–Trinajstić information content (AvgIpc) is 3.20. The lowest BCUT2D eigenvalue weighted by Crippen LogP contribution is -2.48. The van der Waals surface area contributed by atoms with Gasteiger partial charge in [0.15, 0.2) is 5.60 Å². The number of hydrogen-bond acceptors (Lipinski definition) is 5. The summed E-state index contributed by atoms with van der Waals surface area (Å²) in [5.41, 5.74) is 1.58. The summed E-state index contributed by atoms with van der Waals surface area (Å²) < 4.78 is 0. The molecular weight excluding hydrogens is 332 g/mol. The van der Waals surface area contributed by atoms with Gasteiger partial charge < -0.3 is 10.0 Å². The highest BCUT2D eigenvalue weighted by atomic mass is 32.1. The predicted octanol–water partition coefficient (Wildman–Crippen LogP) is 4.08. The minimum Gasteiger partial charge on any atom is -0.374 e. The molecule has 4 nitrogen and oxygen atoms in total. The molecule has 2 aliphatic heterocycles. The van der Waals surface area contributed by atoms with Crippen molar-refractivity contribution in [3.05, 3.63) is 58.3 Å². The summed E-state index contributed by atoms with van der Waals surface area (Å²) >= 11 is 1.67. The molecule has 0 saturated carbocycles. The van der Waals surface area contributed by atoms with Gasteiger partial charge in [0, 0.05) is 24.2 Å². The highest BCUT2D eigenvalue weighted by Crippen LogP contribution is 2.40. The largest absolute Gasteiger partial charge is 0.374 e. The van der Waals surface area contributed by atoms with Crippen LogP contribution in [0.1, 0.15) is 22.3 Å². The maximum Gasteiger partial charge on any atom is 0.204 e. The number of carbonyl (C=O) groups excluding carboxylic acids is 1. The quantitative estimate of drug-likeness (QED) is 0.721. The third-order valence-corrected chi connectivity index (χ3v) is 5.87. The lowest BCUT2D eigenvalue weighted by atomic mass is 9.87. The maximum absolute atomic E-state index is 13.0. The summed E-state index contributed by atoms with van der Waals surface area (Å²) in [7, 11) is 0. The molecule has 124 valence electrons. The summed E-state index contributed by atoms with van der Waals surface area (Å²) in [4.78, 5) is 19.6. The molecule has 1 aromatic heterocycles. The van der Waals surface area contributed by atoms with Crippen LogP contribution in [0.5, 0.6) is 0 Å². The Balaban J connectivity index is 1.67. The lowest BCUT2D eigenvalue weighted by molar-refractivity contribution is 0.0602. The SMILES string of the molecule is Cc1ccc2c(c1)C(=O)[C@]1(O)CCN(c3ccc4cscc4c3)C1=N2. The minimum atomic E-state index is -1.52. The molecule has 0 unspecified atom stereocenters. The third-order valence-electron chi connectivity index (χ3n) is 5.09. The first-order valence-corrected chi connectivity index (χ1v) is 9.21. The van der Waals surface area contributed by atoms with Gasteiger partial charge in [0.1, 0.15) is 5.84 Å². The Hall–Kier alpha value is -2.50. The van der Waals surface area contributed by atoms with Crippen LogP contribution < -0.4 is 4.90 Å². The molecule has 1 N–H and O–H groups in total. The van der Waals surface area contributed by atoms with Gasteiger partial charge in [0.05, 0.1) is 5.69 Å². The van der Waals surface area contributed by atoms with Crippen LogP contribution in [0.15, 0.2) is 52.2 Å². The molecule has 5 rings (SSSR count). The number of aliphatic hydroxyl groups is 1. The first kappa shape index (κ1) is 14.8. The predicted molar refractivity (Wildman–Crippen MR) is 101 cm³/mol. The normalized spacial score (nSPS) is 22.1. The van der Waals surface area contributed by atoms with Gasteiger partial charge in [-0.3, -0.25) is 4.79 Å². The lowest BCUT2D eigenvalue weighted by Gasteiger charge is -2.29. The first-order valence-electron chi connectivity index (χ1n) is 8.27. The number of anilines is 1. The van der Waals surface area contributed by atoms with E-state index in [9.17, 15) is 9.90 Å². The van der Waals surface area contributed by atoms with E-state index in [0.717, 1.165) is 16.6 Å². The maximum atomic E-state index is 13.0. The summed E-state index contributed by atoms with van der Waals surface area (Å²) in [6.45, 7) is 2.51. The van der Waals surface area contributed by atoms with E-state index in [4.69, 9.17) is 0 Å². The van der Waals surface area contributed by atoms with Gasteiger partial charge in [-0.2, -0.15) is 11.3 Å². The zero-order valence-electron chi connectivity index (χ0n) is 13.7. The second kappa shape index (κ2) is 5.00. The molecule has 0 aliphatic carbocycles. The van der Waals surface area contributed by atoms with E-state index in [2.05, 4.69) is 27.9 Å². The molecule has 0 bridgehead atoms. The van der Waals surface area contributed by atoms with Crippen molar-refractivity contribution in [3.63, 3.8) is 0 Å². The van der Waals surface area contributed by atoms with E-state index < -0.39 is 5.60 Å². The van der Waals surface area contributed by atoms with Crippen LogP contribution in [0.4, 0.5) is 11.4 Å². The Labute approximate surface area is 149 Å². The van der Waals surface area contributed by atoms with E-state index in [0.29, 0.717) is 30.1 Å². The second-order valence-corrected chi connectivity index (χ2v) is 7.48. The topological polar surface area (TPSA) is 52.9 Å². The van der Waals surface area contributed by atoms with Gasteiger partial charge >= 0.3 is 0 Å². The Morgan fingerprint density at radius 1 is 1.16 bits per heavy atom. The van der Waals surface area contributed by atoms with Crippen LogP contribution in [-0.2, 0) is 0 Å². The van der Waals surface area contributed by atoms with Crippen molar-refractivity contribution in [2.75, 3.05) is 11.4 Å². The molecule has 0 radical (unpaired) electrons. The second-order valence-electron chi connectivity index (χ2n) is 6.73. The molecule has 1 atom stereocenters. The van der Waals surface area contributed by atoms with Crippen LogP contribution in [0.25, 0.3) is 10.8 Å². The van der Waals surface area contributed by atoms with Crippen LogP contribution >= 0.6 is 11.3 Å². The smallest absolute Gasteiger partial charge is 0.204 e. The Bertz CT molecular complexity index is 1070. The number of ketones is 1. The zero-order chi connectivity index (χ0) is 17.2. The highest BCUT2D eigenvalue weighted by Gasteiger charge is 2.52. The number of carbonyl (C=O) groups is 1. The van der Waals surface area contributed by atoms with Crippen molar-refractivity contribution in [1.29, 1.82) is 0 Å². The van der Waals surface area contributed by atoms with Gasteiger partial charge in [0.25, 0.3) is 0 Å². The Morgan fingerprint density at radius 3 is 2.88 bits per heavy atom. The number of Topliss-reactive ketones (excluding diaryl/α,β-unsaturated/α-hetero) is 1. The average molecular weight is 348 g/mol. The molecule has 3 heterocycles. The van der Waals surface area contributed by atoms with Gasteiger partial charge in [-0.1, -0.05) is 17.7 Å². The Morgan fingerprint density at radius 2 is 2.00 bits per heavy atom. The van der Waals surface area contributed by atoms with E-state index in [1.54, 1.807) is 11.3 Å². The van der Waals surface area contributed by atoms with Gasteiger partial charge in [-0.25, -0.2) is 4.99 Å². The molecule has 0 amide bonds. The van der Waals surface area contributed by atoms with E-state index in [1.807, 2.05) is 36.1 Å². The number of amidine groups is 1. The third kappa shape index (κ3) is 2.03. The van der Waals surface area contributed by atoms with Crippen molar-refractivity contribution in [2.24, 2.45) is 4.99 Å². The van der Waals surface area contributed by atoms with Crippen LogP contribution in [0.2, 0.25) is 0 Å². The summed E-state index contributed by atoms with van der Waals surface area (Å²) in [6, 6.07) is 11.8. The van der Waals surface area contributed by atoms with Crippen molar-refractivity contribution in [3.8, 4) is 0 Å². The Kier molecular flexibility index (Phi) is 2.96. The number of fused-ring (bicyclic) bond motifs is 3. The van der Waals surface area contributed by atoms with Gasteiger partial charge in [-0.05, 0) is 52.7 Å². The van der Waals surface area contributed by atoms with Gasteiger partial charge in [-0.15, -0.1) is 0 Å². The van der Waals surface area contributed by atoms with Crippen LogP contribution in [0.3, 0.4) is 0 Å². The number of nitrogens with zero attached hydrogens (tertiary/aromatic N) is 2. The number of hydrogen-bond donors (Lipinski definition) is 1. The van der Waals surface area contributed by atoms with Crippen molar-refractivity contribution in [1.82, 2.24) is 0 Å². The van der Waals surface area contributed by atoms with Crippen molar-refractivity contribution in [2.45, 2.75) is 18.9 Å². The summed E-state index contributed by atoms with van der Waals surface area (Å²) in [5, 5.41) is 17.7. The van der Waals surface area contributed by atoms with E-state index in [-0.39, 0.29) is 5.78 Å². The number of rotatable bonds is 1. The molecule has 1 fully saturated rings. The molecule has 3 aromatic rings. The van der Waals surface area contributed by atoms with Crippen LogP contribution in [0, 0.1) is 6.92 Å². The van der Waals surface area contributed by atoms with Gasteiger partial charge in [0.2, 0.25) is 5.78 Å². The van der Waals surface area contributed by atoms with E-state index in [1.165, 1.54) is 5.39 Å². The molecule has 2 aromatic carbocycles. The van der Waals surface area contributed by atoms with Crippen molar-refractivity contribution >= 4 is 45.1 Å². The molecule has 1 saturated heterocycles. The van der Waals surface area contributed by atoms with Crippen LogP contribution in [-0.4, -0.2) is 28.9 Å². The molecule has 2 aliphatic rings. The number of aliphatic imine (C=N–C) groups is 1. The fourth-order valence-electron chi connectivity index (χ4n) is 3.72. The van der Waals surface area contributed by atoms with E-state index >= 15 is 0 Å². The molecule has 25 heavy (non-hydrogen) atoms. The summed E-state index contributed by atoms with van der Waals surface area (Å²) in [6.07, 6.45) is 0.361.